The average molecular weight is 1690 g/mol. The van der Waals surface area contributed by atoms with E-state index in [0.717, 1.165) is 315 Å². The average Bonchev–Trinajstić information content (AvgIpc) is 0.939. The first-order valence-corrected chi connectivity index (χ1v) is 44.4. The van der Waals surface area contributed by atoms with Gasteiger partial charge < -0.3 is 64.0 Å². The van der Waals surface area contributed by atoms with Gasteiger partial charge in [0.2, 0.25) is 5.91 Å². The van der Waals surface area contributed by atoms with Crippen LogP contribution in [0.3, 0.4) is 0 Å². The molecular formula is C90H114N18O11S2. The Kier molecular flexibility index (Phi) is 32.1. The molecule has 7 saturated heterocycles. The third kappa shape index (κ3) is 23.1. The Bertz CT molecular complexity index is 5060. The van der Waals surface area contributed by atoms with Crippen molar-refractivity contribution in [2.24, 2.45) is 0 Å². The number of likely N-dealkylation sites (tertiary alicyclic amines) is 1. The van der Waals surface area contributed by atoms with Crippen LogP contribution in [0.1, 0.15) is 111 Å². The van der Waals surface area contributed by atoms with Gasteiger partial charge in [0.05, 0.1) is 76.5 Å². The fourth-order valence-corrected chi connectivity index (χ4v) is 18.8. The van der Waals surface area contributed by atoms with Gasteiger partial charge in [-0.1, -0.05) is 55.5 Å². The lowest BCUT2D eigenvalue weighted by Gasteiger charge is -2.35. The van der Waals surface area contributed by atoms with Gasteiger partial charge in [-0.15, -0.1) is 22.7 Å². The molecule has 6 aromatic heterocycles. The molecule has 13 heterocycles. The molecule has 7 aliphatic heterocycles. The predicted molar refractivity (Wildman–Crippen MR) is 470 cm³/mol. The number of carbonyl (C=O) groups excluding carboxylic acids is 6. The molecule has 3 N–H and O–H groups in total. The highest BCUT2D eigenvalue weighted by atomic mass is 32.1. The number of thiazole rings is 2. The molecule has 17 rings (SSSR count). The van der Waals surface area contributed by atoms with Gasteiger partial charge in [-0.05, 0) is 138 Å². The number of aromatic nitrogens is 7. The van der Waals surface area contributed by atoms with E-state index in [1.54, 1.807) is 22.7 Å². The maximum atomic E-state index is 13.6. The minimum atomic E-state index is -0.224. The Morgan fingerprint density at radius 1 is 0.512 bits per heavy atom. The third-order valence-corrected chi connectivity index (χ3v) is 25.5. The van der Waals surface area contributed by atoms with E-state index in [1.807, 2.05) is 87.8 Å². The molecule has 0 aliphatic carbocycles. The second-order valence-corrected chi connectivity index (χ2v) is 33.6. The molecule has 10 aromatic rings. The van der Waals surface area contributed by atoms with E-state index in [9.17, 15) is 24.9 Å². The molecule has 4 aromatic carbocycles. The Labute approximate surface area is 715 Å². The molecule has 0 saturated carbocycles. The number of ether oxygens (including phenoxy) is 2. The van der Waals surface area contributed by atoms with Crippen LogP contribution in [0.4, 0.5) is 27.3 Å². The Hall–Kier alpha value is -10.4. The first kappa shape index (κ1) is 88.4. The summed E-state index contributed by atoms with van der Waals surface area (Å²) in [7, 11) is 2.11. The number of aliphatic hydroxyl groups excluding tert-OH is 3. The van der Waals surface area contributed by atoms with E-state index in [1.165, 1.54) is 10.9 Å². The molecule has 121 heavy (non-hydrogen) atoms. The Morgan fingerprint density at radius 2 is 1.02 bits per heavy atom. The van der Waals surface area contributed by atoms with Gasteiger partial charge in [0, 0.05) is 221 Å². The maximum absolute atomic E-state index is 13.6. The minimum absolute atomic E-state index is 0.0284. The summed E-state index contributed by atoms with van der Waals surface area (Å²) < 4.78 is 14.5. The van der Waals surface area contributed by atoms with Crippen molar-refractivity contribution in [2.45, 2.75) is 123 Å². The number of likely N-dealkylation sites (N-methyl/N-ethyl adjacent to an activating group) is 1. The van der Waals surface area contributed by atoms with Crippen molar-refractivity contribution < 1.29 is 53.6 Å². The lowest BCUT2D eigenvalue weighted by Crippen LogP contribution is -2.48. The summed E-state index contributed by atoms with van der Waals surface area (Å²) in [6.07, 6.45) is 16.4. The maximum Gasteiger partial charge on any atom is 0.373 e. The van der Waals surface area contributed by atoms with Crippen LogP contribution in [0, 0.1) is 13.8 Å². The lowest BCUT2D eigenvalue weighted by molar-refractivity contribution is -0.193. The van der Waals surface area contributed by atoms with Crippen LogP contribution < -0.4 is 34.0 Å². The van der Waals surface area contributed by atoms with Gasteiger partial charge in [0.15, 0.2) is 16.9 Å². The number of nitrogens with zero attached hydrogens (tertiary/aromatic N) is 18. The SMILES string of the molecule is CCCOc1c(C)cc2cccnc2c1N1CCCN(Cc2csc(N3CCC(O)CC3)n2)CC1.CN1CCN(C(=O)CC(c2csc(N3CCC(O)CC3)n2)N2CCCN(c3c(CO)ccc4cccnc34)CC2)CC1.Cc1cc2cccnc2c(N2CCCN(Cc3ccn(-c4ccccc4)n3)CC2)c1OCC(=O)N1CCC1.O=C=O.O=C=O. The minimum Gasteiger partial charge on any atom is -0.491 e. The quantitative estimate of drug-likeness (QED) is 0.0602. The summed E-state index contributed by atoms with van der Waals surface area (Å²) in [5.41, 5.74) is 13.4. The van der Waals surface area contributed by atoms with E-state index < -0.39 is 0 Å². The molecule has 642 valence electrons. The lowest BCUT2D eigenvalue weighted by atomic mass is 10.1. The zero-order valence-corrected chi connectivity index (χ0v) is 71.7. The van der Waals surface area contributed by atoms with E-state index in [2.05, 4.69) is 131 Å². The summed E-state index contributed by atoms with van der Waals surface area (Å²) in [5.74, 6) is 2.02. The molecule has 29 nitrogen and oxygen atoms in total. The number of aryl methyl sites for hydroxylation is 2. The van der Waals surface area contributed by atoms with Crippen LogP contribution in [0.5, 0.6) is 11.5 Å². The summed E-state index contributed by atoms with van der Waals surface area (Å²) in [5, 5.41) is 44.5. The molecule has 7 aliphatic rings. The van der Waals surface area contributed by atoms with Crippen LogP contribution in [0.15, 0.2) is 133 Å². The highest BCUT2D eigenvalue weighted by molar-refractivity contribution is 7.14. The monoisotopic (exact) mass is 1690 g/mol. The van der Waals surface area contributed by atoms with E-state index >= 15 is 0 Å². The first-order valence-electron chi connectivity index (χ1n) is 42.6. The van der Waals surface area contributed by atoms with Gasteiger partial charge in [-0.25, -0.2) is 14.6 Å². The van der Waals surface area contributed by atoms with Crippen LogP contribution in [0.25, 0.3) is 38.4 Å². The fraction of sp³-hybridized carbons (Fsp3) is 0.489. The number of benzene rings is 4. The predicted octanol–water partition coefficient (Wildman–Crippen LogP) is 9.91. The van der Waals surface area contributed by atoms with Crippen molar-refractivity contribution in [3.63, 3.8) is 0 Å². The van der Waals surface area contributed by atoms with Crippen LogP contribution in [-0.2, 0) is 48.5 Å². The smallest absolute Gasteiger partial charge is 0.373 e. The number of carbonyl (C=O) groups is 2. The summed E-state index contributed by atoms with van der Waals surface area (Å²) in [4.78, 5) is 108. The summed E-state index contributed by atoms with van der Waals surface area (Å²) in [6.45, 7) is 28.2. The molecule has 31 heteroatoms. The van der Waals surface area contributed by atoms with E-state index in [0.29, 0.717) is 13.0 Å². The zero-order chi connectivity index (χ0) is 84.6. The van der Waals surface area contributed by atoms with Crippen molar-refractivity contribution in [1.82, 2.24) is 64.1 Å². The number of para-hydroxylation sites is 1. The van der Waals surface area contributed by atoms with Gasteiger partial charge in [0.1, 0.15) is 22.9 Å². The van der Waals surface area contributed by atoms with Crippen LogP contribution in [0.2, 0.25) is 0 Å². The number of rotatable bonds is 21. The van der Waals surface area contributed by atoms with Crippen molar-refractivity contribution >= 4 is 107 Å². The highest BCUT2D eigenvalue weighted by Crippen LogP contribution is 2.42. The Morgan fingerprint density at radius 3 is 1.60 bits per heavy atom. The molecule has 2 amide bonds. The molecule has 1 atom stereocenters. The van der Waals surface area contributed by atoms with Crippen molar-refractivity contribution in [3.8, 4) is 17.2 Å². The van der Waals surface area contributed by atoms with Crippen molar-refractivity contribution in [3.05, 3.63) is 166 Å². The third-order valence-electron chi connectivity index (χ3n) is 23.6. The van der Waals surface area contributed by atoms with Gasteiger partial charge in [-0.3, -0.25) is 39.2 Å². The highest BCUT2D eigenvalue weighted by Gasteiger charge is 2.34. The second-order valence-electron chi connectivity index (χ2n) is 32.0. The van der Waals surface area contributed by atoms with Crippen LogP contribution >= 0.6 is 22.7 Å². The van der Waals surface area contributed by atoms with E-state index in [4.69, 9.17) is 58.7 Å². The number of anilines is 5. The number of pyridine rings is 3. The number of piperidine rings is 2. The standard InChI is InChI=1S/C31H43N7O3S.C30H34N6O2.C27H37N5O2S.2CO2/c1-34-14-16-36(17-15-34)28(41)20-27(26-22-42-31(33-26)38-12-7-25(40)8-13-38)35-10-3-11-37(19-18-35)30-24(21-39)6-5-23-4-2-9-32-29(23)30;1-23-20-24-8-5-12-31-28(24)29(30(23)38-22-27(37)34-14-7-15-34)35-16-6-13-33(18-19-35)21-25-11-17-36(32-25)26-9-3-2-4-10-26;1-3-16-34-26-20(2)17-21-6-4-9-28-24(21)25(26)31-11-5-10-30(14-15-31)18-22-19-35-27(29-22)32-12-7-23(33)8-13-32;2*2-1-3/h2,4-6,9,22,25,27,39-40H,3,7-8,10-21H2,1H3;2-5,8-12,17,20H,6-7,13-16,18-19,21-22H2,1H3;4,6,9,17,19,23,33H,3,5,7-8,10-16,18H2,1-2H3;;. The normalized spacial score (nSPS) is 17.7. The fourth-order valence-electron chi connectivity index (χ4n) is 17.0. The molecule has 0 radical (unpaired) electrons. The number of hydrogen-bond donors (Lipinski definition) is 3. The van der Waals surface area contributed by atoms with Crippen molar-refractivity contribution in [1.29, 1.82) is 0 Å². The first-order chi connectivity index (χ1) is 59.1. The molecule has 0 bridgehead atoms. The number of piperazine rings is 1. The van der Waals surface area contributed by atoms with E-state index in [-0.39, 0.29) is 55.6 Å². The zero-order valence-electron chi connectivity index (χ0n) is 70.1. The van der Waals surface area contributed by atoms with Crippen molar-refractivity contribution in [2.75, 3.05) is 189 Å². The second kappa shape index (κ2) is 43.9. The summed E-state index contributed by atoms with van der Waals surface area (Å²) >= 11 is 3.38. The van der Waals surface area contributed by atoms with Gasteiger partial charge in [-0.2, -0.15) is 24.3 Å². The molecule has 7 fully saturated rings. The number of aliphatic hydroxyl groups is 3. The van der Waals surface area contributed by atoms with Gasteiger partial charge in [0.25, 0.3) is 5.91 Å². The summed E-state index contributed by atoms with van der Waals surface area (Å²) in [6, 6.07) is 32.8. The van der Waals surface area contributed by atoms with Gasteiger partial charge >= 0.3 is 12.3 Å². The Balaban J connectivity index is 0.000000152. The topological polar surface area (TPSA) is 299 Å². The number of fused-ring (bicyclic) bond motifs is 3. The number of hydrogen-bond acceptors (Lipinski definition) is 28. The van der Waals surface area contributed by atoms with Crippen LogP contribution in [-0.4, -0.2) is 280 Å². The molecule has 0 spiro atoms. The molecule has 1 unspecified atom stereocenters. The number of amides is 2. The molecular weight excluding hydrogens is 1570 g/mol. The largest absolute Gasteiger partial charge is 0.491 e.